The second-order valence-corrected chi connectivity index (χ2v) is 5.02. The highest BCUT2D eigenvalue weighted by molar-refractivity contribution is 6.30. The fourth-order valence-corrected chi connectivity index (χ4v) is 2.49. The highest BCUT2D eigenvalue weighted by atomic mass is 35.5. The van der Waals surface area contributed by atoms with Crippen molar-refractivity contribution in [3.05, 3.63) is 34.3 Å². The summed E-state index contributed by atoms with van der Waals surface area (Å²) in [5, 5.41) is 4.17. The van der Waals surface area contributed by atoms with Gasteiger partial charge in [-0.1, -0.05) is 24.6 Å². The summed E-state index contributed by atoms with van der Waals surface area (Å²) in [4.78, 5) is 0. The van der Waals surface area contributed by atoms with Crippen LogP contribution in [0.2, 0.25) is 5.02 Å². The van der Waals surface area contributed by atoms with Crippen LogP contribution in [0.3, 0.4) is 0 Å². The Morgan fingerprint density at radius 2 is 2.06 bits per heavy atom. The summed E-state index contributed by atoms with van der Waals surface area (Å²) in [5.41, 5.74) is 2.45. The first-order valence-corrected chi connectivity index (χ1v) is 6.39. The van der Waals surface area contributed by atoms with Gasteiger partial charge in [-0.05, 0) is 49.6 Å². The van der Waals surface area contributed by atoms with E-state index in [0.29, 0.717) is 12.0 Å². The van der Waals surface area contributed by atoms with Crippen molar-refractivity contribution < 1.29 is 4.74 Å². The molecule has 0 bridgehead atoms. The number of rotatable bonds is 6. The van der Waals surface area contributed by atoms with E-state index < -0.39 is 0 Å². The van der Waals surface area contributed by atoms with E-state index in [1.807, 2.05) is 19.2 Å². The van der Waals surface area contributed by atoms with E-state index in [9.17, 15) is 0 Å². The Morgan fingerprint density at radius 3 is 2.59 bits per heavy atom. The first kappa shape index (κ1) is 14.5. The van der Waals surface area contributed by atoms with Crippen molar-refractivity contribution in [2.45, 2.75) is 26.3 Å². The number of aryl methyl sites for hydroxylation is 1. The topological polar surface area (TPSA) is 21.3 Å². The third-order valence-corrected chi connectivity index (χ3v) is 3.30. The molecule has 0 radical (unpaired) electrons. The second-order valence-electron chi connectivity index (χ2n) is 4.59. The molecular weight excluding hydrogens is 234 g/mol. The molecule has 0 aliphatic heterocycles. The SMILES string of the molecule is CNC(c1cc(C)cc(Cl)c1)C(C)CCOC. The molecule has 2 unspecified atom stereocenters. The van der Waals surface area contributed by atoms with Gasteiger partial charge in [-0.25, -0.2) is 0 Å². The summed E-state index contributed by atoms with van der Waals surface area (Å²) in [6.07, 6.45) is 1.04. The minimum absolute atomic E-state index is 0.322. The highest BCUT2D eigenvalue weighted by Gasteiger charge is 2.17. The number of methoxy groups -OCH3 is 1. The van der Waals surface area contributed by atoms with Gasteiger partial charge in [-0.3, -0.25) is 0 Å². The molecule has 0 fully saturated rings. The smallest absolute Gasteiger partial charge is 0.0465 e. The molecule has 0 heterocycles. The fourth-order valence-electron chi connectivity index (χ4n) is 2.19. The molecule has 3 heteroatoms. The molecule has 1 aromatic rings. The molecule has 0 aromatic heterocycles. The van der Waals surface area contributed by atoms with Crippen molar-refractivity contribution in [1.29, 1.82) is 0 Å². The minimum Gasteiger partial charge on any atom is -0.385 e. The molecule has 2 nitrogen and oxygen atoms in total. The van der Waals surface area contributed by atoms with Crippen LogP contribution in [0.15, 0.2) is 18.2 Å². The Kier molecular flexibility index (Phi) is 5.96. The van der Waals surface area contributed by atoms with Crippen molar-refractivity contribution in [3.8, 4) is 0 Å². The van der Waals surface area contributed by atoms with E-state index in [2.05, 4.69) is 25.2 Å². The molecule has 1 N–H and O–H groups in total. The van der Waals surface area contributed by atoms with Gasteiger partial charge in [-0.15, -0.1) is 0 Å². The zero-order valence-electron chi connectivity index (χ0n) is 11.1. The number of hydrogen-bond acceptors (Lipinski definition) is 2. The average molecular weight is 256 g/mol. The van der Waals surface area contributed by atoms with Crippen molar-refractivity contribution in [2.24, 2.45) is 5.92 Å². The minimum atomic E-state index is 0.322. The van der Waals surface area contributed by atoms with Crippen LogP contribution in [0.1, 0.15) is 30.5 Å². The van der Waals surface area contributed by atoms with Crippen LogP contribution in [0, 0.1) is 12.8 Å². The van der Waals surface area contributed by atoms with Gasteiger partial charge < -0.3 is 10.1 Å². The lowest BCUT2D eigenvalue weighted by Crippen LogP contribution is -2.24. The van der Waals surface area contributed by atoms with Gasteiger partial charge in [0.15, 0.2) is 0 Å². The van der Waals surface area contributed by atoms with Crippen molar-refractivity contribution >= 4 is 11.6 Å². The molecule has 0 saturated carbocycles. The lowest BCUT2D eigenvalue weighted by Gasteiger charge is -2.24. The molecule has 96 valence electrons. The summed E-state index contributed by atoms with van der Waals surface area (Å²) in [7, 11) is 3.73. The standard InChI is InChI=1S/C14H22ClNO/c1-10-7-12(9-13(15)8-10)14(16-3)11(2)5-6-17-4/h7-9,11,14,16H,5-6H2,1-4H3. The van der Waals surface area contributed by atoms with Crippen molar-refractivity contribution in [3.63, 3.8) is 0 Å². The molecule has 1 aromatic carbocycles. The zero-order valence-corrected chi connectivity index (χ0v) is 11.8. The summed E-state index contributed by atoms with van der Waals surface area (Å²) in [6.45, 7) is 5.09. The molecule has 0 spiro atoms. The zero-order chi connectivity index (χ0) is 12.8. The van der Waals surface area contributed by atoms with Gasteiger partial charge in [0.05, 0.1) is 0 Å². The van der Waals surface area contributed by atoms with Crippen LogP contribution in [0.4, 0.5) is 0 Å². The molecule has 1 rings (SSSR count). The molecule has 0 aliphatic rings. The average Bonchev–Trinajstić information content (AvgIpc) is 2.26. The maximum absolute atomic E-state index is 6.11. The van der Waals surface area contributed by atoms with Gasteiger partial charge in [-0.2, -0.15) is 0 Å². The molecule has 0 saturated heterocycles. The molecule has 2 atom stereocenters. The summed E-state index contributed by atoms with van der Waals surface area (Å²) >= 11 is 6.11. The van der Waals surface area contributed by atoms with Crippen LogP contribution in [-0.2, 0) is 4.74 Å². The molecule has 0 amide bonds. The monoisotopic (exact) mass is 255 g/mol. The third-order valence-electron chi connectivity index (χ3n) is 3.08. The predicted octanol–water partition coefficient (Wildman–Crippen LogP) is 3.58. The molecule has 17 heavy (non-hydrogen) atoms. The maximum Gasteiger partial charge on any atom is 0.0465 e. The van der Waals surface area contributed by atoms with Crippen molar-refractivity contribution in [1.82, 2.24) is 5.32 Å². The lowest BCUT2D eigenvalue weighted by molar-refractivity contribution is 0.171. The Balaban J connectivity index is 2.84. The number of ether oxygens (including phenoxy) is 1. The van der Waals surface area contributed by atoms with E-state index in [-0.39, 0.29) is 0 Å². The third kappa shape index (κ3) is 4.30. The quantitative estimate of drug-likeness (QED) is 0.839. The largest absolute Gasteiger partial charge is 0.385 e. The predicted molar refractivity (Wildman–Crippen MR) is 73.6 cm³/mol. The number of nitrogens with one attached hydrogen (secondary N) is 1. The van der Waals surface area contributed by atoms with Crippen molar-refractivity contribution in [2.75, 3.05) is 20.8 Å². The fraction of sp³-hybridized carbons (Fsp3) is 0.571. The van der Waals surface area contributed by atoms with Gasteiger partial charge in [0, 0.05) is 24.8 Å². The normalized spacial score (nSPS) is 14.6. The molecular formula is C14H22ClNO. The second kappa shape index (κ2) is 7.00. The van der Waals surface area contributed by atoms with Gasteiger partial charge >= 0.3 is 0 Å². The first-order chi connectivity index (χ1) is 8.08. The van der Waals surface area contributed by atoms with Crippen LogP contribution in [-0.4, -0.2) is 20.8 Å². The van der Waals surface area contributed by atoms with E-state index in [1.165, 1.54) is 11.1 Å². The van der Waals surface area contributed by atoms with E-state index in [1.54, 1.807) is 7.11 Å². The Bertz CT molecular complexity index is 334. The van der Waals surface area contributed by atoms with E-state index in [4.69, 9.17) is 16.3 Å². The van der Waals surface area contributed by atoms with E-state index in [0.717, 1.165) is 18.1 Å². The summed E-state index contributed by atoms with van der Waals surface area (Å²) in [6, 6.07) is 6.54. The van der Waals surface area contributed by atoms with Crippen LogP contribution >= 0.6 is 11.6 Å². The summed E-state index contributed by atoms with van der Waals surface area (Å²) in [5.74, 6) is 0.512. The van der Waals surface area contributed by atoms with Crippen LogP contribution < -0.4 is 5.32 Å². The number of hydrogen-bond donors (Lipinski definition) is 1. The Hall–Kier alpha value is -0.570. The lowest BCUT2D eigenvalue weighted by atomic mass is 9.91. The molecule has 0 aliphatic carbocycles. The highest BCUT2D eigenvalue weighted by Crippen LogP contribution is 2.27. The maximum atomic E-state index is 6.11. The number of halogens is 1. The van der Waals surface area contributed by atoms with Gasteiger partial charge in [0.25, 0.3) is 0 Å². The van der Waals surface area contributed by atoms with E-state index >= 15 is 0 Å². The number of benzene rings is 1. The van der Waals surface area contributed by atoms with Crippen LogP contribution in [0.5, 0.6) is 0 Å². The van der Waals surface area contributed by atoms with Gasteiger partial charge in [0.2, 0.25) is 0 Å². The summed E-state index contributed by atoms with van der Waals surface area (Å²) < 4.78 is 5.14. The Labute approximate surface area is 109 Å². The Morgan fingerprint density at radius 1 is 1.35 bits per heavy atom. The van der Waals surface area contributed by atoms with Gasteiger partial charge in [0.1, 0.15) is 0 Å². The first-order valence-electron chi connectivity index (χ1n) is 6.01. The van der Waals surface area contributed by atoms with Crippen LogP contribution in [0.25, 0.3) is 0 Å².